The molecule has 134 valence electrons. The topological polar surface area (TPSA) is 22.1 Å². The van der Waals surface area contributed by atoms with Gasteiger partial charge in [0.05, 0.1) is 16.7 Å². The van der Waals surface area contributed by atoms with Gasteiger partial charge in [-0.2, -0.15) is 0 Å². The van der Waals surface area contributed by atoms with Gasteiger partial charge in [0.1, 0.15) is 0 Å². The minimum atomic E-state index is 0.595. The van der Waals surface area contributed by atoms with Crippen LogP contribution in [-0.4, -0.2) is 11.6 Å². The standard InChI is InChI=1S/C20H16BrCl2NOS/c21-16-7-4-14(5-8-16)10-11-25-19-9-6-15(12-24-19)13-26-20-17(22)2-1-3-18(20)23/h1-9,12H,10-11,13H2. The molecule has 26 heavy (non-hydrogen) atoms. The van der Waals surface area contributed by atoms with Crippen molar-refractivity contribution in [1.82, 2.24) is 4.98 Å². The molecule has 2 nitrogen and oxygen atoms in total. The van der Waals surface area contributed by atoms with Crippen LogP contribution in [0.15, 0.2) is 70.2 Å². The zero-order chi connectivity index (χ0) is 18.4. The highest BCUT2D eigenvalue weighted by Crippen LogP contribution is 2.35. The fraction of sp³-hybridized carbons (Fsp3) is 0.150. The van der Waals surface area contributed by atoms with E-state index in [1.807, 2.05) is 48.7 Å². The summed E-state index contributed by atoms with van der Waals surface area (Å²) in [5.41, 5.74) is 2.32. The molecular weight excluding hydrogens is 453 g/mol. The lowest BCUT2D eigenvalue weighted by molar-refractivity contribution is 0.309. The van der Waals surface area contributed by atoms with Crippen LogP contribution in [0.5, 0.6) is 5.88 Å². The van der Waals surface area contributed by atoms with E-state index in [-0.39, 0.29) is 0 Å². The predicted octanol–water partition coefficient (Wildman–Crippen LogP) is 7.06. The highest BCUT2D eigenvalue weighted by molar-refractivity contribution is 9.10. The maximum absolute atomic E-state index is 6.19. The number of hydrogen-bond acceptors (Lipinski definition) is 3. The van der Waals surface area contributed by atoms with E-state index in [1.165, 1.54) is 5.56 Å². The number of rotatable bonds is 7. The second kappa shape index (κ2) is 9.65. The molecule has 1 heterocycles. The summed E-state index contributed by atoms with van der Waals surface area (Å²) in [7, 11) is 0. The first-order chi connectivity index (χ1) is 12.6. The van der Waals surface area contributed by atoms with Gasteiger partial charge >= 0.3 is 0 Å². The van der Waals surface area contributed by atoms with Gasteiger partial charge in [0.2, 0.25) is 5.88 Å². The number of halogens is 3. The summed E-state index contributed by atoms with van der Waals surface area (Å²) in [6, 6.07) is 17.7. The molecule has 6 heteroatoms. The predicted molar refractivity (Wildman–Crippen MR) is 114 cm³/mol. The molecule has 1 aromatic heterocycles. The van der Waals surface area contributed by atoms with Crippen molar-refractivity contribution in [3.05, 3.63) is 86.4 Å². The Bertz CT molecular complexity index is 836. The molecule has 0 saturated carbocycles. The van der Waals surface area contributed by atoms with Crippen LogP contribution >= 0.6 is 50.9 Å². The summed E-state index contributed by atoms with van der Waals surface area (Å²) in [6.07, 6.45) is 2.67. The Kier molecular flexibility index (Phi) is 7.26. The van der Waals surface area contributed by atoms with Gasteiger partial charge in [0, 0.05) is 33.8 Å². The van der Waals surface area contributed by atoms with Crippen molar-refractivity contribution in [2.45, 2.75) is 17.1 Å². The van der Waals surface area contributed by atoms with Crippen LogP contribution in [0.4, 0.5) is 0 Å². The molecule has 0 N–H and O–H groups in total. The molecule has 0 aliphatic rings. The van der Waals surface area contributed by atoms with Crippen molar-refractivity contribution < 1.29 is 4.74 Å². The zero-order valence-electron chi connectivity index (χ0n) is 13.8. The number of aromatic nitrogens is 1. The van der Waals surface area contributed by atoms with E-state index in [0.717, 1.165) is 27.1 Å². The lowest BCUT2D eigenvalue weighted by Gasteiger charge is -2.08. The van der Waals surface area contributed by atoms with Crippen LogP contribution in [0.1, 0.15) is 11.1 Å². The maximum Gasteiger partial charge on any atom is 0.213 e. The molecular formula is C20H16BrCl2NOS. The normalized spacial score (nSPS) is 10.7. The first kappa shape index (κ1) is 19.6. The monoisotopic (exact) mass is 467 g/mol. The van der Waals surface area contributed by atoms with Gasteiger partial charge < -0.3 is 4.74 Å². The van der Waals surface area contributed by atoms with E-state index in [4.69, 9.17) is 27.9 Å². The molecule has 0 amide bonds. The van der Waals surface area contributed by atoms with E-state index >= 15 is 0 Å². The van der Waals surface area contributed by atoms with Crippen molar-refractivity contribution in [2.24, 2.45) is 0 Å². The number of nitrogens with zero attached hydrogens (tertiary/aromatic N) is 1. The van der Waals surface area contributed by atoms with Crippen molar-refractivity contribution in [2.75, 3.05) is 6.61 Å². The summed E-state index contributed by atoms with van der Waals surface area (Å²) in [4.78, 5) is 5.27. The minimum Gasteiger partial charge on any atom is -0.477 e. The molecule has 3 rings (SSSR count). The van der Waals surface area contributed by atoms with Gasteiger partial charge in [-0.3, -0.25) is 0 Å². The van der Waals surface area contributed by atoms with E-state index in [9.17, 15) is 0 Å². The van der Waals surface area contributed by atoms with Crippen molar-refractivity contribution in [1.29, 1.82) is 0 Å². The third-order valence-electron chi connectivity index (χ3n) is 3.65. The smallest absolute Gasteiger partial charge is 0.213 e. The second-order valence-electron chi connectivity index (χ2n) is 5.57. The van der Waals surface area contributed by atoms with Gasteiger partial charge in [0.15, 0.2) is 0 Å². The third kappa shape index (κ3) is 5.65. The minimum absolute atomic E-state index is 0.595. The molecule has 0 fully saturated rings. The molecule has 3 aromatic rings. The zero-order valence-corrected chi connectivity index (χ0v) is 17.7. The largest absolute Gasteiger partial charge is 0.477 e. The number of pyridine rings is 1. The highest BCUT2D eigenvalue weighted by Gasteiger charge is 2.07. The molecule has 0 radical (unpaired) electrons. The SMILES string of the molecule is Clc1cccc(Cl)c1SCc1ccc(OCCc2ccc(Br)cc2)nc1. The molecule has 0 unspecified atom stereocenters. The fourth-order valence-corrected chi connectivity index (χ4v) is 4.16. The lowest BCUT2D eigenvalue weighted by atomic mass is 10.2. The number of ether oxygens (including phenoxy) is 1. The molecule has 0 saturated heterocycles. The van der Waals surface area contributed by atoms with Crippen LogP contribution in [0.25, 0.3) is 0 Å². The molecule has 0 aliphatic carbocycles. The van der Waals surface area contributed by atoms with Crippen LogP contribution in [-0.2, 0) is 12.2 Å². The Balaban J connectivity index is 1.49. The average Bonchev–Trinajstić information content (AvgIpc) is 2.64. The van der Waals surface area contributed by atoms with E-state index < -0.39 is 0 Å². The van der Waals surface area contributed by atoms with Crippen LogP contribution < -0.4 is 4.74 Å². The summed E-state index contributed by atoms with van der Waals surface area (Å²) in [6.45, 7) is 0.595. The Hall–Kier alpha value is -1.20. The summed E-state index contributed by atoms with van der Waals surface area (Å²) >= 11 is 17.4. The van der Waals surface area contributed by atoms with Crippen LogP contribution in [0, 0.1) is 0 Å². The van der Waals surface area contributed by atoms with Crippen LogP contribution in [0.3, 0.4) is 0 Å². The van der Waals surface area contributed by atoms with E-state index in [1.54, 1.807) is 11.8 Å². The first-order valence-electron chi connectivity index (χ1n) is 8.01. The molecule has 0 bridgehead atoms. The maximum atomic E-state index is 6.19. The molecule has 0 spiro atoms. The van der Waals surface area contributed by atoms with Crippen LogP contribution in [0.2, 0.25) is 10.0 Å². The first-order valence-corrected chi connectivity index (χ1v) is 10.5. The van der Waals surface area contributed by atoms with Crippen molar-refractivity contribution in [3.63, 3.8) is 0 Å². The Morgan fingerprint density at radius 3 is 2.27 bits per heavy atom. The van der Waals surface area contributed by atoms with Crippen molar-refractivity contribution in [3.8, 4) is 5.88 Å². The molecule has 2 aromatic carbocycles. The van der Waals surface area contributed by atoms with E-state index in [2.05, 4.69) is 33.0 Å². The average molecular weight is 469 g/mol. The van der Waals surface area contributed by atoms with Gasteiger partial charge in [-0.1, -0.05) is 63.4 Å². The Morgan fingerprint density at radius 2 is 1.62 bits per heavy atom. The van der Waals surface area contributed by atoms with E-state index in [0.29, 0.717) is 22.5 Å². The van der Waals surface area contributed by atoms with Crippen molar-refractivity contribution >= 4 is 50.9 Å². The summed E-state index contributed by atoms with van der Waals surface area (Å²) in [5.74, 6) is 1.38. The van der Waals surface area contributed by atoms with Gasteiger partial charge in [0.25, 0.3) is 0 Å². The van der Waals surface area contributed by atoms with Gasteiger partial charge in [-0.05, 0) is 35.4 Å². The Labute approximate surface area is 176 Å². The quantitative estimate of drug-likeness (QED) is 0.346. The number of hydrogen-bond donors (Lipinski definition) is 0. The second-order valence-corrected chi connectivity index (χ2v) is 8.28. The highest BCUT2D eigenvalue weighted by atomic mass is 79.9. The number of benzene rings is 2. The van der Waals surface area contributed by atoms with Gasteiger partial charge in [-0.25, -0.2) is 4.98 Å². The third-order valence-corrected chi connectivity index (χ3v) is 6.24. The summed E-state index contributed by atoms with van der Waals surface area (Å²) in [5, 5.41) is 1.34. The molecule has 0 atom stereocenters. The Morgan fingerprint density at radius 1 is 0.923 bits per heavy atom. The fourth-order valence-electron chi connectivity index (χ4n) is 2.28. The number of thioether (sulfide) groups is 1. The summed E-state index contributed by atoms with van der Waals surface area (Å²) < 4.78 is 6.80. The van der Waals surface area contributed by atoms with Gasteiger partial charge in [-0.15, -0.1) is 11.8 Å². The lowest BCUT2D eigenvalue weighted by Crippen LogP contribution is -2.02. The molecule has 0 aliphatic heterocycles.